The summed E-state index contributed by atoms with van der Waals surface area (Å²) in [5.74, 6) is 1.42. The van der Waals surface area contributed by atoms with Crippen molar-refractivity contribution in [1.82, 2.24) is 0 Å². The van der Waals surface area contributed by atoms with E-state index in [1.165, 1.54) is 12.8 Å². The van der Waals surface area contributed by atoms with E-state index >= 15 is 0 Å². The molecule has 4 heteroatoms. The number of amides is 1. The van der Waals surface area contributed by atoms with E-state index < -0.39 is 6.10 Å². The van der Waals surface area contributed by atoms with Crippen LogP contribution >= 0.6 is 0 Å². The van der Waals surface area contributed by atoms with Gasteiger partial charge in [0.15, 0.2) is 6.10 Å². The standard InChI is InChI=1S/C22H27NO3/c1-3-21(26-20-12-8-16(2)9-13-20)22(24)23-17-10-14-19(15-11-17)25-18-6-4-5-7-18/h8-15,18,21H,3-7H2,1-2H3,(H,23,24). The van der Waals surface area contributed by atoms with Crippen LogP contribution in [0.1, 0.15) is 44.6 Å². The highest BCUT2D eigenvalue weighted by molar-refractivity contribution is 5.94. The van der Waals surface area contributed by atoms with E-state index in [2.05, 4.69) is 5.32 Å². The second kappa shape index (κ2) is 8.75. The average molecular weight is 353 g/mol. The molecule has 0 aromatic heterocycles. The third-order valence-corrected chi connectivity index (χ3v) is 4.69. The summed E-state index contributed by atoms with van der Waals surface area (Å²) >= 11 is 0. The van der Waals surface area contributed by atoms with Gasteiger partial charge in [-0.05, 0) is 75.4 Å². The fourth-order valence-electron chi connectivity index (χ4n) is 3.14. The van der Waals surface area contributed by atoms with Gasteiger partial charge in [0.2, 0.25) is 0 Å². The zero-order valence-corrected chi connectivity index (χ0v) is 15.5. The van der Waals surface area contributed by atoms with Gasteiger partial charge in [0.05, 0.1) is 6.10 Å². The van der Waals surface area contributed by atoms with Gasteiger partial charge >= 0.3 is 0 Å². The molecule has 1 atom stereocenters. The summed E-state index contributed by atoms with van der Waals surface area (Å²) in [5, 5.41) is 2.93. The number of rotatable bonds is 7. The molecular weight excluding hydrogens is 326 g/mol. The summed E-state index contributed by atoms with van der Waals surface area (Å²) in [6, 6.07) is 15.3. The zero-order valence-electron chi connectivity index (χ0n) is 15.5. The first-order valence-electron chi connectivity index (χ1n) is 9.45. The number of nitrogens with one attached hydrogen (secondary N) is 1. The van der Waals surface area contributed by atoms with Crippen LogP contribution in [0.15, 0.2) is 48.5 Å². The summed E-state index contributed by atoms with van der Waals surface area (Å²) < 4.78 is 11.8. The maximum atomic E-state index is 12.5. The molecule has 0 bridgehead atoms. The molecule has 4 nitrogen and oxygen atoms in total. The van der Waals surface area contributed by atoms with Crippen LogP contribution in [-0.2, 0) is 4.79 Å². The van der Waals surface area contributed by atoms with E-state index in [0.29, 0.717) is 18.3 Å². The Kier molecular flexibility index (Phi) is 6.16. The van der Waals surface area contributed by atoms with Crippen LogP contribution in [0.4, 0.5) is 5.69 Å². The Morgan fingerprint density at radius 2 is 1.65 bits per heavy atom. The van der Waals surface area contributed by atoms with Crippen molar-refractivity contribution in [2.24, 2.45) is 0 Å². The van der Waals surface area contributed by atoms with E-state index in [-0.39, 0.29) is 5.91 Å². The van der Waals surface area contributed by atoms with Crippen molar-refractivity contribution in [1.29, 1.82) is 0 Å². The predicted molar refractivity (Wildman–Crippen MR) is 104 cm³/mol. The molecule has 1 unspecified atom stereocenters. The normalized spacial score (nSPS) is 15.5. The molecule has 0 heterocycles. The Balaban J connectivity index is 1.55. The first kappa shape index (κ1) is 18.3. The average Bonchev–Trinajstić information content (AvgIpc) is 3.16. The van der Waals surface area contributed by atoms with Gasteiger partial charge in [-0.1, -0.05) is 24.6 Å². The number of carbonyl (C=O) groups excluding carboxylic acids is 1. The molecular formula is C22H27NO3. The SMILES string of the molecule is CCC(Oc1ccc(C)cc1)C(=O)Nc1ccc(OC2CCCC2)cc1. The van der Waals surface area contributed by atoms with Crippen molar-refractivity contribution in [2.45, 2.75) is 58.2 Å². The Morgan fingerprint density at radius 3 is 2.27 bits per heavy atom. The van der Waals surface area contributed by atoms with Gasteiger partial charge in [0, 0.05) is 5.69 Å². The lowest BCUT2D eigenvalue weighted by Gasteiger charge is -2.18. The van der Waals surface area contributed by atoms with Crippen LogP contribution < -0.4 is 14.8 Å². The topological polar surface area (TPSA) is 47.6 Å². The molecule has 1 aliphatic rings. The third kappa shape index (κ3) is 5.01. The summed E-state index contributed by atoms with van der Waals surface area (Å²) in [5.41, 5.74) is 1.91. The number of benzene rings is 2. The van der Waals surface area contributed by atoms with Gasteiger partial charge in [-0.15, -0.1) is 0 Å². The summed E-state index contributed by atoms with van der Waals surface area (Å²) in [6.45, 7) is 3.96. The summed E-state index contributed by atoms with van der Waals surface area (Å²) in [7, 11) is 0. The fourth-order valence-corrected chi connectivity index (χ4v) is 3.14. The Labute approximate surface area is 155 Å². The molecule has 1 saturated carbocycles. The molecule has 1 aliphatic carbocycles. The highest BCUT2D eigenvalue weighted by Gasteiger charge is 2.19. The van der Waals surface area contributed by atoms with E-state index in [1.54, 1.807) is 0 Å². The molecule has 0 saturated heterocycles. The third-order valence-electron chi connectivity index (χ3n) is 4.69. The molecule has 2 aromatic rings. The van der Waals surface area contributed by atoms with Crippen LogP contribution in [0.3, 0.4) is 0 Å². The second-order valence-corrected chi connectivity index (χ2v) is 6.87. The molecule has 0 spiro atoms. The second-order valence-electron chi connectivity index (χ2n) is 6.87. The molecule has 1 fully saturated rings. The lowest BCUT2D eigenvalue weighted by molar-refractivity contribution is -0.122. The van der Waals surface area contributed by atoms with Crippen molar-refractivity contribution in [3.8, 4) is 11.5 Å². The Hall–Kier alpha value is -2.49. The van der Waals surface area contributed by atoms with Crippen molar-refractivity contribution in [3.63, 3.8) is 0 Å². The molecule has 3 rings (SSSR count). The number of aryl methyl sites for hydroxylation is 1. The Bertz CT molecular complexity index is 703. The van der Waals surface area contributed by atoms with Crippen LogP contribution in [0, 0.1) is 6.92 Å². The quantitative estimate of drug-likeness (QED) is 0.752. The predicted octanol–water partition coefficient (Wildman–Crippen LogP) is 5.11. The number of carbonyl (C=O) groups is 1. The van der Waals surface area contributed by atoms with Gasteiger partial charge < -0.3 is 14.8 Å². The minimum absolute atomic E-state index is 0.141. The van der Waals surface area contributed by atoms with Crippen molar-refractivity contribution >= 4 is 11.6 Å². The highest BCUT2D eigenvalue weighted by atomic mass is 16.5. The molecule has 138 valence electrons. The van der Waals surface area contributed by atoms with Gasteiger partial charge in [0.1, 0.15) is 11.5 Å². The fraction of sp³-hybridized carbons (Fsp3) is 0.409. The monoisotopic (exact) mass is 353 g/mol. The van der Waals surface area contributed by atoms with E-state index in [1.807, 2.05) is 62.4 Å². The molecule has 0 aliphatic heterocycles. The number of anilines is 1. The van der Waals surface area contributed by atoms with Crippen LogP contribution in [0.25, 0.3) is 0 Å². The number of hydrogen-bond donors (Lipinski definition) is 1. The number of ether oxygens (including phenoxy) is 2. The maximum Gasteiger partial charge on any atom is 0.265 e. The molecule has 1 amide bonds. The van der Waals surface area contributed by atoms with Gasteiger partial charge in [0.25, 0.3) is 5.91 Å². The Morgan fingerprint density at radius 1 is 1.04 bits per heavy atom. The molecule has 26 heavy (non-hydrogen) atoms. The lowest BCUT2D eigenvalue weighted by Crippen LogP contribution is -2.32. The minimum atomic E-state index is -0.521. The van der Waals surface area contributed by atoms with Gasteiger partial charge in [-0.2, -0.15) is 0 Å². The zero-order chi connectivity index (χ0) is 18.4. The van der Waals surface area contributed by atoms with E-state index in [4.69, 9.17) is 9.47 Å². The van der Waals surface area contributed by atoms with Crippen molar-refractivity contribution in [2.75, 3.05) is 5.32 Å². The van der Waals surface area contributed by atoms with Crippen molar-refractivity contribution < 1.29 is 14.3 Å². The van der Waals surface area contributed by atoms with Crippen molar-refractivity contribution in [3.05, 3.63) is 54.1 Å². The first-order valence-corrected chi connectivity index (χ1v) is 9.45. The van der Waals surface area contributed by atoms with E-state index in [9.17, 15) is 4.79 Å². The molecule has 0 radical (unpaired) electrons. The first-order chi connectivity index (χ1) is 12.6. The summed E-state index contributed by atoms with van der Waals surface area (Å²) in [4.78, 5) is 12.5. The van der Waals surface area contributed by atoms with Gasteiger partial charge in [-0.3, -0.25) is 4.79 Å². The van der Waals surface area contributed by atoms with Gasteiger partial charge in [-0.25, -0.2) is 0 Å². The molecule has 1 N–H and O–H groups in total. The van der Waals surface area contributed by atoms with Crippen LogP contribution in [0.5, 0.6) is 11.5 Å². The highest BCUT2D eigenvalue weighted by Crippen LogP contribution is 2.25. The van der Waals surface area contributed by atoms with Crippen LogP contribution in [-0.4, -0.2) is 18.1 Å². The van der Waals surface area contributed by atoms with Crippen LogP contribution in [0.2, 0.25) is 0 Å². The minimum Gasteiger partial charge on any atom is -0.490 e. The molecule has 2 aromatic carbocycles. The smallest absolute Gasteiger partial charge is 0.265 e. The maximum absolute atomic E-state index is 12.5. The number of hydrogen-bond acceptors (Lipinski definition) is 3. The van der Waals surface area contributed by atoms with E-state index in [0.717, 1.165) is 29.8 Å². The lowest BCUT2D eigenvalue weighted by atomic mass is 10.2. The summed E-state index contributed by atoms with van der Waals surface area (Å²) in [6.07, 6.45) is 5.17. The largest absolute Gasteiger partial charge is 0.490 e.